The molecule has 1 heterocycles. The van der Waals surface area contributed by atoms with E-state index < -0.39 is 21.7 Å². The highest BCUT2D eigenvalue weighted by molar-refractivity contribution is 9.10. The molecule has 0 aliphatic heterocycles. The molecule has 0 unspecified atom stereocenters. The van der Waals surface area contributed by atoms with E-state index in [4.69, 9.17) is 0 Å². The number of nitrogens with one attached hydrogen (secondary N) is 1. The average molecular weight is 342 g/mol. The van der Waals surface area contributed by atoms with Gasteiger partial charge in [0, 0.05) is 21.3 Å². The fourth-order valence-electron chi connectivity index (χ4n) is 1.04. The van der Waals surface area contributed by atoms with Crippen molar-refractivity contribution in [2.45, 2.75) is 13.5 Å². The van der Waals surface area contributed by atoms with Gasteiger partial charge in [-0.3, -0.25) is 4.79 Å². The third-order valence-electron chi connectivity index (χ3n) is 1.70. The highest BCUT2D eigenvalue weighted by Crippen LogP contribution is 2.19. The van der Waals surface area contributed by atoms with Crippen LogP contribution >= 0.6 is 27.3 Å². The van der Waals surface area contributed by atoms with Crippen LogP contribution in [0.2, 0.25) is 0 Å². The van der Waals surface area contributed by atoms with Gasteiger partial charge in [0.1, 0.15) is 0 Å². The van der Waals surface area contributed by atoms with E-state index in [9.17, 15) is 13.2 Å². The molecule has 0 saturated carbocycles. The number of thiophene rings is 1. The molecule has 0 radical (unpaired) electrons. The molecule has 1 aromatic heterocycles. The molecule has 0 aliphatic carbocycles. The van der Waals surface area contributed by atoms with E-state index in [2.05, 4.69) is 25.4 Å². The summed E-state index contributed by atoms with van der Waals surface area (Å²) < 4.78 is 30.8. The Balaban J connectivity index is 2.47. The van der Waals surface area contributed by atoms with Crippen LogP contribution in [-0.2, 0) is 26.1 Å². The molecule has 1 aromatic rings. The third-order valence-corrected chi connectivity index (χ3v) is 4.60. The van der Waals surface area contributed by atoms with Gasteiger partial charge in [-0.1, -0.05) is 0 Å². The van der Waals surface area contributed by atoms with Crippen LogP contribution in [-0.4, -0.2) is 26.7 Å². The van der Waals surface area contributed by atoms with Gasteiger partial charge in [-0.15, -0.1) is 11.3 Å². The minimum Gasteiger partial charge on any atom is -0.465 e. The Bertz CT molecular complexity index is 483. The molecule has 0 aliphatic rings. The number of esters is 1. The van der Waals surface area contributed by atoms with E-state index in [1.165, 1.54) is 11.3 Å². The van der Waals surface area contributed by atoms with Crippen LogP contribution in [0.3, 0.4) is 0 Å². The molecule has 8 heteroatoms. The molecular weight excluding hydrogens is 330 g/mol. The summed E-state index contributed by atoms with van der Waals surface area (Å²) in [6.07, 6.45) is 0. The molecule has 17 heavy (non-hydrogen) atoms. The Kier molecular flexibility index (Phi) is 5.57. The average Bonchev–Trinajstić information content (AvgIpc) is 2.61. The maximum absolute atomic E-state index is 11.5. The molecule has 0 spiro atoms. The van der Waals surface area contributed by atoms with Crippen LogP contribution in [0.4, 0.5) is 0 Å². The molecule has 0 atom stereocenters. The second kappa shape index (κ2) is 6.48. The summed E-state index contributed by atoms with van der Waals surface area (Å²) in [4.78, 5) is 11.9. The molecule has 0 amide bonds. The SMILES string of the molecule is CCOC(=O)CS(=O)(=O)NCc1cc(Br)cs1. The fourth-order valence-corrected chi connectivity index (χ4v) is 3.39. The fraction of sp³-hybridized carbons (Fsp3) is 0.444. The normalized spacial score (nSPS) is 11.4. The summed E-state index contributed by atoms with van der Waals surface area (Å²) in [6, 6.07) is 1.82. The van der Waals surface area contributed by atoms with Gasteiger partial charge in [0.15, 0.2) is 5.75 Å². The standard InChI is InChI=1S/C9H12BrNO4S2/c1-2-15-9(12)6-17(13,14)11-4-8-3-7(10)5-16-8/h3,5,11H,2,4,6H2,1H3. The van der Waals surface area contributed by atoms with Crippen molar-refractivity contribution < 1.29 is 17.9 Å². The monoisotopic (exact) mass is 341 g/mol. The first kappa shape index (κ1) is 14.6. The first-order chi connectivity index (χ1) is 7.93. The molecular formula is C9H12BrNO4S2. The van der Waals surface area contributed by atoms with Gasteiger partial charge >= 0.3 is 5.97 Å². The van der Waals surface area contributed by atoms with E-state index in [1.54, 1.807) is 6.92 Å². The van der Waals surface area contributed by atoms with Gasteiger partial charge in [0.05, 0.1) is 6.61 Å². The van der Waals surface area contributed by atoms with Gasteiger partial charge in [0.2, 0.25) is 10.0 Å². The summed E-state index contributed by atoms with van der Waals surface area (Å²) in [5.41, 5.74) is 0. The summed E-state index contributed by atoms with van der Waals surface area (Å²) in [5, 5.41) is 1.86. The number of hydrogen-bond acceptors (Lipinski definition) is 5. The van der Waals surface area contributed by atoms with Crippen LogP contribution in [0, 0.1) is 0 Å². The van der Waals surface area contributed by atoms with E-state index in [1.807, 2.05) is 11.4 Å². The van der Waals surface area contributed by atoms with Crippen LogP contribution in [0.25, 0.3) is 0 Å². The second-order valence-electron chi connectivity index (χ2n) is 3.12. The molecule has 1 rings (SSSR count). The number of hydrogen-bond donors (Lipinski definition) is 1. The van der Waals surface area contributed by atoms with Gasteiger partial charge in [0.25, 0.3) is 0 Å². The Labute approximate surface area is 112 Å². The largest absolute Gasteiger partial charge is 0.465 e. The van der Waals surface area contributed by atoms with Crippen molar-refractivity contribution in [1.82, 2.24) is 4.72 Å². The number of carbonyl (C=O) groups is 1. The van der Waals surface area contributed by atoms with Crippen molar-refractivity contribution >= 4 is 43.3 Å². The zero-order chi connectivity index (χ0) is 12.9. The van der Waals surface area contributed by atoms with Crippen LogP contribution in [0.1, 0.15) is 11.8 Å². The molecule has 1 N–H and O–H groups in total. The summed E-state index contributed by atoms with van der Waals surface area (Å²) in [7, 11) is -3.63. The molecule has 0 bridgehead atoms. The Hall–Kier alpha value is -0.440. The third kappa shape index (κ3) is 5.62. The van der Waals surface area contributed by atoms with E-state index in [0.717, 1.165) is 9.35 Å². The number of halogens is 1. The van der Waals surface area contributed by atoms with Gasteiger partial charge in [-0.25, -0.2) is 13.1 Å². The van der Waals surface area contributed by atoms with E-state index >= 15 is 0 Å². The van der Waals surface area contributed by atoms with E-state index in [0.29, 0.717) is 0 Å². The lowest BCUT2D eigenvalue weighted by Crippen LogP contribution is -2.30. The maximum Gasteiger partial charge on any atom is 0.322 e. The predicted octanol–water partition coefficient (Wildman–Crippen LogP) is 1.49. The van der Waals surface area contributed by atoms with E-state index in [-0.39, 0.29) is 13.2 Å². The second-order valence-corrected chi connectivity index (χ2v) is 6.83. The molecule has 0 saturated heterocycles. The lowest BCUT2D eigenvalue weighted by atomic mass is 10.5. The number of rotatable bonds is 6. The topological polar surface area (TPSA) is 72.5 Å². The first-order valence-electron chi connectivity index (χ1n) is 4.79. The lowest BCUT2D eigenvalue weighted by Gasteiger charge is -2.04. The summed E-state index contributed by atoms with van der Waals surface area (Å²) in [6.45, 7) is 1.98. The van der Waals surface area contributed by atoms with Crippen molar-refractivity contribution in [1.29, 1.82) is 0 Å². The van der Waals surface area contributed by atoms with Gasteiger partial charge in [-0.05, 0) is 28.9 Å². The molecule has 96 valence electrons. The lowest BCUT2D eigenvalue weighted by molar-refractivity contribution is -0.139. The minimum absolute atomic E-state index is 0.173. The number of ether oxygens (including phenoxy) is 1. The van der Waals surface area contributed by atoms with Gasteiger partial charge < -0.3 is 4.74 Å². The van der Waals surface area contributed by atoms with Crippen molar-refractivity contribution in [2.24, 2.45) is 0 Å². The molecule has 0 aromatic carbocycles. The maximum atomic E-state index is 11.5. The minimum atomic E-state index is -3.63. The van der Waals surface area contributed by atoms with Gasteiger partial charge in [-0.2, -0.15) is 0 Å². The van der Waals surface area contributed by atoms with Crippen molar-refractivity contribution in [2.75, 3.05) is 12.4 Å². The van der Waals surface area contributed by atoms with Crippen molar-refractivity contribution in [3.8, 4) is 0 Å². The van der Waals surface area contributed by atoms with Crippen molar-refractivity contribution in [3.63, 3.8) is 0 Å². The zero-order valence-electron chi connectivity index (χ0n) is 9.10. The molecule has 0 fully saturated rings. The summed E-state index contributed by atoms with van der Waals surface area (Å²) in [5.74, 6) is -1.39. The Morgan fingerprint density at radius 2 is 2.29 bits per heavy atom. The zero-order valence-corrected chi connectivity index (χ0v) is 12.3. The summed E-state index contributed by atoms with van der Waals surface area (Å²) >= 11 is 4.70. The smallest absolute Gasteiger partial charge is 0.322 e. The van der Waals surface area contributed by atoms with Crippen LogP contribution in [0.5, 0.6) is 0 Å². The number of carbonyl (C=O) groups excluding carboxylic acids is 1. The quantitative estimate of drug-likeness (QED) is 0.795. The Morgan fingerprint density at radius 1 is 1.59 bits per heavy atom. The first-order valence-corrected chi connectivity index (χ1v) is 8.11. The van der Waals surface area contributed by atoms with Crippen LogP contribution < -0.4 is 4.72 Å². The highest BCUT2D eigenvalue weighted by Gasteiger charge is 2.17. The highest BCUT2D eigenvalue weighted by atomic mass is 79.9. The number of sulfonamides is 1. The predicted molar refractivity (Wildman–Crippen MR) is 69.3 cm³/mol. The van der Waals surface area contributed by atoms with Crippen LogP contribution in [0.15, 0.2) is 15.9 Å². The van der Waals surface area contributed by atoms with Crippen molar-refractivity contribution in [3.05, 3.63) is 20.8 Å². The molecule has 5 nitrogen and oxygen atoms in total. The Morgan fingerprint density at radius 3 is 2.82 bits per heavy atom.